The lowest BCUT2D eigenvalue weighted by atomic mass is 9.92. The van der Waals surface area contributed by atoms with Crippen molar-refractivity contribution in [3.05, 3.63) is 69.2 Å². The Morgan fingerprint density at radius 3 is 2.45 bits per heavy atom. The molecule has 0 aliphatic rings. The van der Waals surface area contributed by atoms with Crippen LogP contribution in [0, 0.1) is 20.8 Å². The molecule has 20 heavy (non-hydrogen) atoms. The highest BCUT2D eigenvalue weighted by Crippen LogP contribution is 2.28. The molecule has 2 aromatic carbocycles. The normalized spacial score (nSPS) is 12.4. The van der Waals surface area contributed by atoms with Gasteiger partial charge in [0, 0.05) is 5.02 Å². The van der Waals surface area contributed by atoms with Crippen molar-refractivity contribution in [1.82, 2.24) is 5.32 Å². The topological polar surface area (TPSA) is 12.0 Å². The first-order valence-electron chi connectivity index (χ1n) is 7.10. The molecule has 0 aromatic heterocycles. The van der Waals surface area contributed by atoms with E-state index < -0.39 is 0 Å². The maximum Gasteiger partial charge on any atom is 0.0579 e. The molecule has 1 nitrogen and oxygen atoms in total. The molecular formula is C18H22ClN. The minimum absolute atomic E-state index is 0.218. The van der Waals surface area contributed by atoms with Crippen molar-refractivity contribution in [2.45, 2.75) is 33.7 Å². The maximum atomic E-state index is 6.14. The van der Waals surface area contributed by atoms with Crippen LogP contribution in [0.15, 0.2) is 36.4 Å². The molecule has 0 bridgehead atoms. The Labute approximate surface area is 127 Å². The zero-order chi connectivity index (χ0) is 14.7. The molecule has 0 radical (unpaired) electrons. The largest absolute Gasteiger partial charge is 0.307 e. The molecular weight excluding hydrogens is 266 g/mol. The van der Waals surface area contributed by atoms with Crippen LogP contribution >= 0.6 is 11.6 Å². The average molecular weight is 288 g/mol. The van der Waals surface area contributed by atoms with Crippen molar-refractivity contribution in [2.75, 3.05) is 6.54 Å². The van der Waals surface area contributed by atoms with Gasteiger partial charge in [0.05, 0.1) is 6.04 Å². The lowest BCUT2D eigenvalue weighted by Gasteiger charge is -2.22. The standard InChI is InChI=1S/C18H22ClN/c1-5-20-18(15-9-10-17(19)13(3)11-15)16-8-6-7-12(2)14(16)4/h6-11,18,20H,5H2,1-4H3. The van der Waals surface area contributed by atoms with Crippen molar-refractivity contribution < 1.29 is 0 Å². The first-order chi connectivity index (χ1) is 9.54. The molecule has 1 unspecified atom stereocenters. The summed E-state index contributed by atoms with van der Waals surface area (Å²) >= 11 is 6.14. The van der Waals surface area contributed by atoms with E-state index in [9.17, 15) is 0 Å². The van der Waals surface area contributed by atoms with Gasteiger partial charge in [-0.1, -0.05) is 48.9 Å². The van der Waals surface area contributed by atoms with E-state index in [0.717, 1.165) is 17.1 Å². The second-order valence-corrected chi connectivity index (χ2v) is 5.70. The quantitative estimate of drug-likeness (QED) is 0.838. The summed E-state index contributed by atoms with van der Waals surface area (Å²) in [5, 5.41) is 4.41. The molecule has 0 saturated carbocycles. The molecule has 2 rings (SSSR count). The fourth-order valence-corrected chi connectivity index (χ4v) is 2.66. The smallest absolute Gasteiger partial charge is 0.0579 e. The number of hydrogen-bond acceptors (Lipinski definition) is 1. The minimum atomic E-state index is 0.218. The van der Waals surface area contributed by atoms with Gasteiger partial charge in [-0.2, -0.15) is 0 Å². The Hall–Kier alpha value is -1.31. The number of rotatable bonds is 4. The molecule has 1 atom stereocenters. The van der Waals surface area contributed by atoms with E-state index in [0.29, 0.717) is 0 Å². The van der Waals surface area contributed by atoms with Crippen LogP contribution in [0.1, 0.15) is 40.8 Å². The van der Waals surface area contributed by atoms with Gasteiger partial charge in [-0.3, -0.25) is 0 Å². The van der Waals surface area contributed by atoms with Gasteiger partial charge in [-0.15, -0.1) is 0 Å². The lowest BCUT2D eigenvalue weighted by molar-refractivity contribution is 0.627. The van der Waals surface area contributed by atoms with E-state index >= 15 is 0 Å². The van der Waals surface area contributed by atoms with Gasteiger partial charge in [0.15, 0.2) is 0 Å². The van der Waals surface area contributed by atoms with Crippen molar-refractivity contribution in [3.8, 4) is 0 Å². The molecule has 106 valence electrons. The van der Waals surface area contributed by atoms with Gasteiger partial charge in [-0.05, 0) is 61.2 Å². The SMILES string of the molecule is CCNC(c1ccc(Cl)c(C)c1)c1cccc(C)c1C. The molecule has 0 fully saturated rings. The first-order valence-corrected chi connectivity index (χ1v) is 7.48. The van der Waals surface area contributed by atoms with Gasteiger partial charge >= 0.3 is 0 Å². The third kappa shape index (κ3) is 3.05. The van der Waals surface area contributed by atoms with Crippen LogP contribution < -0.4 is 5.32 Å². The van der Waals surface area contributed by atoms with Gasteiger partial charge in [0.2, 0.25) is 0 Å². The highest BCUT2D eigenvalue weighted by atomic mass is 35.5. The first kappa shape index (κ1) is 15.1. The van der Waals surface area contributed by atoms with Crippen molar-refractivity contribution in [2.24, 2.45) is 0 Å². The van der Waals surface area contributed by atoms with Crippen molar-refractivity contribution in [3.63, 3.8) is 0 Å². The van der Waals surface area contributed by atoms with Crippen molar-refractivity contribution >= 4 is 11.6 Å². The summed E-state index contributed by atoms with van der Waals surface area (Å²) in [5.41, 5.74) is 6.41. The number of aryl methyl sites for hydroxylation is 2. The summed E-state index contributed by atoms with van der Waals surface area (Å²) in [7, 11) is 0. The van der Waals surface area contributed by atoms with Crippen LogP contribution in [0.4, 0.5) is 0 Å². The predicted molar refractivity (Wildman–Crippen MR) is 87.6 cm³/mol. The van der Waals surface area contributed by atoms with E-state index in [2.05, 4.69) is 63.3 Å². The Kier molecular flexibility index (Phi) is 4.85. The van der Waals surface area contributed by atoms with E-state index in [-0.39, 0.29) is 6.04 Å². The van der Waals surface area contributed by atoms with Crippen LogP contribution in [-0.2, 0) is 0 Å². The predicted octanol–water partition coefficient (Wildman–Crippen LogP) is 4.96. The van der Waals surface area contributed by atoms with Crippen LogP contribution in [0.5, 0.6) is 0 Å². The zero-order valence-electron chi connectivity index (χ0n) is 12.6. The van der Waals surface area contributed by atoms with Crippen LogP contribution in [0.3, 0.4) is 0 Å². The molecule has 0 amide bonds. The maximum absolute atomic E-state index is 6.14. The number of benzene rings is 2. The van der Waals surface area contributed by atoms with E-state index in [4.69, 9.17) is 11.6 Å². The highest BCUT2D eigenvalue weighted by Gasteiger charge is 2.16. The van der Waals surface area contributed by atoms with Crippen LogP contribution in [-0.4, -0.2) is 6.54 Å². The summed E-state index contributed by atoms with van der Waals surface area (Å²) in [6.07, 6.45) is 0. The number of hydrogen-bond donors (Lipinski definition) is 1. The molecule has 0 aliphatic carbocycles. The summed E-state index contributed by atoms with van der Waals surface area (Å²) in [5.74, 6) is 0. The molecule has 0 saturated heterocycles. The van der Waals surface area contributed by atoms with Crippen molar-refractivity contribution in [1.29, 1.82) is 0 Å². The fraction of sp³-hybridized carbons (Fsp3) is 0.333. The summed E-state index contributed by atoms with van der Waals surface area (Å²) in [6, 6.07) is 13.0. The van der Waals surface area contributed by atoms with E-state index in [1.54, 1.807) is 0 Å². The second kappa shape index (κ2) is 6.43. The van der Waals surface area contributed by atoms with Gasteiger partial charge < -0.3 is 5.32 Å². The van der Waals surface area contributed by atoms with Crippen LogP contribution in [0.2, 0.25) is 5.02 Å². The summed E-state index contributed by atoms with van der Waals surface area (Å²) < 4.78 is 0. The third-order valence-corrected chi connectivity index (χ3v) is 4.31. The average Bonchev–Trinajstić information content (AvgIpc) is 2.43. The molecule has 2 aromatic rings. The molecule has 1 N–H and O–H groups in total. The minimum Gasteiger partial charge on any atom is -0.307 e. The Balaban J connectivity index is 2.50. The van der Waals surface area contributed by atoms with Gasteiger partial charge in [0.25, 0.3) is 0 Å². The van der Waals surface area contributed by atoms with Gasteiger partial charge in [0.1, 0.15) is 0 Å². The van der Waals surface area contributed by atoms with Gasteiger partial charge in [-0.25, -0.2) is 0 Å². The Morgan fingerprint density at radius 2 is 1.80 bits per heavy atom. The molecule has 0 spiro atoms. The van der Waals surface area contributed by atoms with E-state index in [1.165, 1.54) is 22.3 Å². The molecule has 0 aliphatic heterocycles. The molecule has 2 heteroatoms. The Bertz CT molecular complexity index is 604. The zero-order valence-corrected chi connectivity index (χ0v) is 13.4. The number of halogens is 1. The summed E-state index contributed by atoms with van der Waals surface area (Å²) in [4.78, 5) is 0. The van der Waals surface area contributed by atoms with E-state index in [1.807, 2.05) is 6.07 Å². The highest BCUT2D eigenvalue weighted by molar-refractivity contribution is 6.31. The summed E-state index contributed by atoms with van der Waals surface area (Å²) in [6.45, 7) is 9.48. The van der Waals surface area contributed by atoms with Crippen LogP contribution in [0.25, 0.3) is 0 Å². The molecule has 0 heterocycles. The third-order valence-electron chi connectivity index (χ3n) is 3.88. The Morgan fingerprint density at radius 1 is 1.05 bits per heavy atom. The number of nitrogens with one attached hydrogen (secondary N) is 1. The monoisotopic (exact) mass is 287 g/mol. The second-order valence-electron chi connectivity index (χ2n) is 5.29. The fourth-order valence-electron chi connectivity index (χ4n) is 2.55. The lowest BCUT2D eigenvalue weighted by Crippen LogP contribution is -2.23.